The highest BCUT2D eigenvalue weighted by Gasteiger charge is 2.36. The van der Waals surface area contributed by atoms with E-state index in [4.69, 9.17) is 4.98 Å². The molecule has 1 aliphatic carbocycles. The van der Waals surface area contributed by atoms with E-state index in [-0.39, 0.29) is 6.04 Å². The van der Waals surface area contributed by atoms with Crippen molar-refractivity contribution in [2.45, 2.75) is 65.8 Å². The Bertz CT molecular complexity index is 612. The van der Waals surface area contributed by atoms with E-state index in [0.29, 0.717) is 18.2 Å². The number of nitrogens with zero attached hydrogens (tertiary/aromatic N) is 4. The van der Waals surface area contributed by atoms with Crippen molar-refractivity contribution in [1.29, 1.82) is 0 Å². The summed E-state index contributed by atoms with van der Waals surface area (Å²) in [6, 6.07) is 0.264. The van der Waals surface area contributed by atoms with Crippen LogP contribution in [0.2, 0.25) is 0 Å². The van der Waals surface area contributed by atoms with Gasteiger partial charge in [-0.05, 0) is 38.0 Å². The SMILES string of the molecule is CCCc1cnc(C)nc1N1CCC(=O)N(CC2CC2)[C@H](C(C)C)C1. The lowest BCUT2D eigenvalue weighted by Gasteiger charge is -2.35. The number of hydrogen-bond donors (Lipinski definition) is 0. The van der Waals surface area contributed by atoms with Crippen LogP contribution in [0.5, 0.6) is 0 Å². The van der Waals surface area contributed by atoms with Gasteiger partial charge < -0.3 is 9.80 Å². The molecule has 1 saturated carbocycles. The first kappa shape index (κ1) is 18.2. The normalized spacial score (nSPS) is 21.8. The predicted octanol–water partition coefficient (Wildman–Crippen LogP) is 3.21. The van der Waals surface area contributed by atoms with Gasteiger partial charge in [0.15, 0.2) is 0 Å². The van der Waals surface area contributed by atoms with Crippen molar-refractivity contribution in [1.82, 2.24) is 14.9 Å². The monoisotopic (exact) mass is 344 g/mol. The third kappa shape index (κ3) is 4.31. The first-order chi connectivity index (χ1) is 12.0. The molecule has 25 heavy (non-hydrogen) atoms. The molecule has 2 heterocycles. The zero-order chi connectivity index (χ0) is 18.0. The largest absolute Gasteiger partial charge is 0.354 e. The summed E-state index contributed by atoms with van der Waals surface area (Å²) in [6.07, 6.45) is 7.19. The lowest BCUT2D eigenvalue weighted by Crippen LogP contribution is -2.47. The minimum absolute atomic E-state index is 0.264. The Hall–Kier alpha value is -1.65. The number of aromatic nitrogens is 2. The van der Waals surface area contributed by atoms with Crippen molar-refractivity contribution in [3.05, 3.63) is 17.6 Å². The van der Waals surface area contributed by atoms with E-state index in [1.807, 2.05) is 13.1 Å². The van der Waals surface area contributed by atoms with Crippen LogP contribution in [0.15, 0.2) is 6.20 Å². The smallest absolute Gasteiger partial charge is 0.224 e. The van der Waals surface area contributed by atoms with E-state index in [1.54, 1.807) is 0 Å². The summed E-state index contributed by atoms with van der Waals surface area (Å²) in [5.74, 6) is 3.34. The Balaban J connectivity index is 1.87. The van der Waals surface area contributed by atoms with Crippen molar-refractivity contribution in [2.24, 2.45) is 11.8 Å². The molecule has 1 amide bonds. The fourth-order valence-corrected chi connectivity index (χ4v) is 3.76. The molecular formula is C20H32N4O. The molecule has 1 aromatic rings. The van der Waals surface area contributed by atoms with Crippen LogP contribution in [-0.2, 0) is 11.2 Å². The van der Waals surface area contributed by atoms with Crippen molar-refractivity contribution < 1.29 is 4.79 Å². The van der Waals surface area contributed by atoms with Gasteiger partial charge in [-0.1, -0.05) is 27.2 Å². The second-order valence-electron chi connectivity index (χ2n) is 8.01. The van der Waals surface area contributed by atoms with Gasteiger partial charge in [0.1, 0.15) is 11.6 Å². The van der Waals surface area contributed by atoms with Crippen LogP contribution in [0.3, 0.4) is 0 Å². The highest BCUT2D eigenvalue weighted by atomic mass is 16.2. The average molecular weight is 345 g/mol. The molecule has 1 atom stereocenters. The predicted molar refractivity (Wildman–Crippen MR) is 101 cm³/mol. The fraction of sp³-hybridized carbons (Fsp3) is 0.750. The quantitative estimate of drug-likeness (QED) is 0.795. The van der Waals surface area contributed by atoms with E-state index < -0.39 is 0 Å². The molecule has 2 aliphatic rings. The van der Waals surface area contributed by atoms with Gasteiger partial charge in [0.05, 0.1) is 6.04 Å². The number of carbonyl (C=O) groups excluding carboxylic acids is 1. The lowest BCUT2D eigenvalue weighted by atomic mass is 10.0. The molecular weight excluding hydrogens is 312 g/mol. The summed E-state index contributed by atoms with van der Waals surface area (Å²) < 4.78 is 0. The molecule has 0 N–H and O–H groups in total. The zero-order valence-electron chi connectivity index (χ0n) is 16.2. The summed E-state index contributed by atoms with van der Waals surface area (Å²) in [6.45, 7) is 11.2. The topological polar surface area (TPSA) is 49.3 Å². The molecule has 0 aromatic carbocycles. The summed E-state index contributed by atoms with van der Waals surface area (Å²) in [5, 5.41) is 0. The second-order valence-corrected chi connectivity index (χ2v) is 8.01. The maximum absolute atomic E-state index is 12.8. The maximum atomic E-state index is 12.8. The van der Waals surface area contributed by atoms with Crippen molar-refractivity contribution in [2.75, 3.05) is 24.5 Å². The molecule has 1 saturated heterocycles. The van der Waals surface area contributed by atoms with Crippen LogP contribution in [0.25, 0.3) is 0 Å². The minimum atomic E-state index is 0.264. The fourth-order valence-electron chi connectivity index (χ4n) is 3.76. The lowest BCUT2D eigenvalue weighted by molar-refractivity contribution is -0.133. The van der Waals surface area contributed by atoms with E-state index in [0.717, 1.165) is 50.0 Å². The second kappa shape index (κ2) is 7.71. The van der Waals surface area contributed by atoms with Gasteiger partial charge in [-0.2, -0.15) is 0 Å². The van der Waals surface area contributed by atoms with Crippen molar-refractivity contribution in [3.63, 3.8) is 0 Å². The summed E-state index contributed by atoms with van der Waals surface area (Å²) in [4.78, 5) is 26.5. The molecule has 3 rings (SSSR count). The van der Waals surface area contributed by atoms with E-state index >= 15 is 0 Å². The first-order valence-electron chi connectivity index (χ1n) is 9.86. The van der Waals surface area contributed by atoms with Gasteiger partial charge in [-0.25, -0.2) is 9.97 Å². The molecule has 5 nitrogen and oxygen atoms in total. The third-order valence-corrected chi connectivity index (χ3v) is 5.43. The van der Waals surface area contributed by atoms with E-state index in [1.165, 1.54) is 18.4 Å². The number of amides is 1. The zero-order valence-corrected chi connectivity index (χ0v) is 16.2. The Kier molecular flexibility index (Phi) is 5.60. The maximum Gasteiger partial charge on any atom is 0.224 e. The average Bonchev–Trinajstić information content (AvgIpc) is 3.39. The number of anilines is 1. The van der Waals surface area contributed by atoms with Gasteiger partial charge in [-0.3, -0.25) is 4.79 Å². The van der Waals surface area contributed by atoms with Crippen LogP contribution in [-0.4, -0.2) is 46.5 Å². The van der Waals surface area contributed by atoms with Crippen molar-refractivity contribution in [3.8, 4) is 0 Å². The highest BCUT2D eigenvalue weighted by molar-refractivity contribution is 5.78. The first-order valence-corrected chi connectivity index (χ1v) is 9.86. The highest BCUT2D eigenvalue weighted by Crippen LogP contribution is 2.33. The molecule has 0 unspecified atom stereocenters. The van der Waals surface area contributed by atoms with Crippen LogP contribution in [0, 0.1) is 18.8 Å². The van der Waals surface area contributed by atoms with Crippen LogP contribution < -0.4 is 4.90 Å². The van der Waals surface area contributed by atoms with Gasteiger partial charge in [0.25, 0.3) is 0 Å². The summed E-state index contributed by atoms with van der Waals surface area (Å²) in [7, 11) is 0. The molecule has 0 spiro atoms. The number of hydrogen-bond acceptors (Lipinski definition) is 4. The van der Waals surface area contributed by atoms with Crippen LogP contribution in [0.1, 0.15) is 57.8 Å². The van der Waals surface area contributed by atoms with Crippen molar-refractivity contribution >= 4 is 11.7 Å². The number of carbonyl (C=O) groups is 1. The number of aryl methyl sites for hydroxylation is 2. The Morgan fingerprint density at radius 1 is 1.32 bits per heavy atom. The van der Waals surface area contributed by atoms with Gasteiger partial charge in [-0.15, -0.1) is 0 Å². The van der Waals surface area contributed by atoms with Crippen LogP contribution >= 0.6 is 0 Å². The Morgan fingerprint density at radius 3 is 2.72 bits per heavy atom. The molecule has 138 valence electrons. The molecule has 0 bridgehead atoms. The minimum Gasteiger partial charge on any atom is -0.354 e. The van der Waals surface area contributed by atoms with Gasteiger partial charge >= 0.3 is 0 Å². The molecule has 5 heteroatoms. The standard InChI is InChI=1S/C20H32N4O/c1-5-6-17-11-21-15(4)22-20(17)23-10-9-19(25)24(12-16-7-8-16)18(13-23)14(2)3/h11,14,16,18H,5-10,12-13H2,1-4H3/t18-/m0/s1. The molecule has 1 aromatic heterocycles. The molecule has 0 radical (unpaired) electrons. The number of rotatable bonds is 6. The van der Waals surface area contributed by atoms with E-state index in [9.17, 15) is 4.79 Å². The molecule has 1 aliphatic heterocycles. The van der Waals surface area contributed by atoms with Crippen LogP contribution in [0.4, 0.5) is 5.82 Å². The van der Waals surface area contributed by atoms with E-state index in [2.05, 4.69) is 35.6 Å². The Labute approximate surface area is 151 Å². The van der Waals surface area contributed by atoms with Gasteiger partial charge in [0.2, 0.25) is 5.91 Å². The van der Waals surface area contributed by atoms with Gasteiger partial charge in [0, 0.05) is 37.8 Å². The third-order valence-electron chi connectivity index (χ3n) is 5.43. The Morgan fingerprint density at radius 2 is 2.08 bits per heavy atom. The summed E-state index contributed by atoms with van der Waals surface area (Å²) in [5.41, 5.74) is 1.21. The molecule has 2 fully saturated rings. The summed E-state index contributed by atoms with van der Waals surface area (Å²) >= 11 is 0.